The number of nitrogens with one attached hydrogen (secondary N) is 1. The SMILES string of the molecule is CCN(CC)C(=O)c1cc(Cl)cc(S(=O)(=O)c2ccc(CNC(=O)c3cnc4nccn4c3)cc2)c1. The standard InChI is InChI=1S/C25H24ClN5O4S/c1-3-30(4-2)24(33)18-11-20(26)13-22(12-18)36(34,35)21-7-5-17(6-8-21)14-28-23(32)19-15-29-25-27-9-10-31(25)16-19/h5-13,15-16H,3-4,14H2,1-2H3,(H,28,32). The number of benzene rings is 2. The van der Waals surface area contributed by atoms with Crippen molar-refractivity contribution in [3.05, 3.63) is 89.0 Å². The Hall–Kier alpha value is -3.76. The van der Waals surface area contributed by atoms with Crippen LogP contribution >= 0.6 is 11.6 Å². The van der Waals surface area contributed by atoms with Crippen LogP contribution in [-0.4, -0.2) is 52.6 Å². The smallest absolute Gasteiger partial charge is 0.254 e. The highest BCUT2D eigenvalue weighted by Crippen LogP contribution is 2.26. The van der Waals surface area contributed by atoms with Crippen LogP contribution in [0, 0.1) is 0 Å². The van der Waals surface area contributed by atoms with Crippen LogP contribution in [0.3, 0.4) is 0 Å². The molecule has 9 nitrogen and oxygen atoms in total. The van der Waals surface area contributed by atoms with Gasteiger partial charge in [-0.15, -0.1) is 0 Å². The van der Waals surface area contributed by atoms with E-state index in [0.717, 1.165) is 0 Å². The van der Waals surface area contributed by atoms with Gasteiger partial charge in [0.15, 0.2) is 0 Å². The van der Waals surface area contributed by atoms with Crippen LogP contribution in [0.1, 0.15) is 40.1 Å². The first-order chi connectivity index (χ1) is 17.2. The molecule has 0 saturated heterocycles. The van der Waals surface area contributed by atoms with E-state index in [2.05, 4.69) is 15.3 Å². The highest BCUT2D eigenvalue weighted by Gasteiger charge is 2.22. The predicted octanol–water partition coefficient (Wildman–Crippen LogP) is 3.63. The third-order valence-electron chi connectivity index (χ3n) is 5.67. The normalized spacial score (nSPS) is 11.4. The summed E-state index contributed by atoms with van der Waals surface area (Å²) in [4.78, 5) is 35.0. The number of aromatic nitrogens is 3. The molecule has 0 aliphatic heterocycles. The van der Waals surface area contributed by atoms with Crippen molar-refractivity contribution < 1.29 is 18.0 Å². The molecule has 186 valence electrons. The molecule has 4 rings (SSSR count). The minimum absolute atomic E-state index is 0.0517. The first kappa shape index (κ1) is 25.3. The zero-order valence-corrected chi connectivity index (χ0v) is 21.3. The van der Waals surface area contributed by atoms with Crippen LogP contribution < -0.4 is 5.32 Å². The number of halogens is 1. The molecule has 0 radical (unpaired) electrons. The average molecular weight is 526 g/mol. The fraction of sp³-hybridized carbons (Fsp3) is 0.200. The van der Waals surface area contributed by atoms with Crippen molar-refractivity contribution in [2.45, 2.75) is 30.2 Å². The van der Waals surface area contributed by atoms with E-state index in [9.17, 15) is 18.0 Å². The molecule has 36 heavy (non-hydrogen) atoms. The van der Waals surface area contributed by atoms with Gasteiger partial charge in [0.25, 0.3) is 11.8 Å². The molecule has 11 heteroatoms. The number of rotatable bonds is 8. The monoisotopic (exact) mass is 525 g/mol. The molecule has 4 aromatic rings. The Morgan fingerprint density at radius 2 is 1.72 bits per heavy atom. The number of sulfone groups is 1. The van der Waals surface area contributed by atoms with Crippen molar-refractivity contribution in [2.24, 2.45) is 0 Å². The number of nitrogens with zero attached hydrogens (tertiary/aromatic N) is 4. The van der Waals surface area contributed by atoms with E-state index in [1.54, 1.807) is 40.0 Å². The van der Waals surface area contributed by atoms with Crippen molar-refractivity contribution in [3.63, 3.8) is 0 Å². The van der Waals surface area contributed by atoms with E-state index < -0.39 is 9.84 Å². The van der Waals surface area contributed by atoms with Crippen LogP contribution in [0.15, 0.2) is 77.0 Å². The third kappa shape index (κ3) is 5.24. The summed E-state index contributed by atoms with van der Waals surface area (Å²) in [6, 6.07) is 10.3. The van der Waals surface area contributed by atoms with E-state index in [1.165, 1.54) is 36.5 Å². The van der Waals surface area contributed by atoms with Gasteiger partial charge in [-0.2, -0.15) is 0 Å². The Balaban J connectivity index is 1.49. The van der Waals surface area contributed by atoms with Crippen molar-refractivity contribution in [2.75, 3.05) is 13.1 Å². The van der Waals surface area contributed by atoms with Gasteiger partial charge in [0, 0.05) is 55.0 Å². The lowest BCUT2D eigenvalue weighted by molar-refractivity contribution is 0.0772. The molecule has 0 saturated carbocycles. The summed E-state index contributed by atoms with van der Waals surface area (Å²) >= 11 is 6.17. The highest BCUT2D eigenvalue weighted by molar-refractivity contribution is 7.91. The summed E-state index contributed by atoms with van der Waals surface area (Å²) in [5.74, 6) is -0.112. The van der Waals surface area contributed by atoms with Crippen LogP contribution in [0.4, 0.5) is 0 Å². The summed E-state index contributed by atoms with van der Waals surface area (Å²) < 4.78 is 28.1. The Morgan fingerprint density at radius 3 is 2.42 bits per heavy atom. The number of carbonyl (C=O) groups excluding carboxylic acids is 2. The molecule has 0 aliphatic carbocycles. The molecule has 1 N–H and O–H groups in total. The minimum Gasteiger partial charge on any atom is -0.348 e. The Morgan fingerprint density at radius 1 is 1.00 bits per heavy atom. The van der Waals surface area contributed by atoms with Crippen LogP contribution in [-0.2, 0) is 16.4 Å². The van der Waals surface area contributed by atoms with E-state index >= 15 is 0 Å². The number of imidazole rings is 1. The molecule has 0 fully saturated rings. The quantitative estimate of drug-likeness (QED) is 0.376. The topological polar surface area (TPSA) is 114 Å². The molecule has 0 spiro atoms. The molecule has 0 unspecified atom stereocenters. The van der Waals surface area contributed by atoms with Crippen LogP contribution in [0.2, 0.25) is 5.02 Å². The molecule has 2 aromatic heterocycles. The highest BCUT2D eigenvalue weighted by atomic mass is 35.5. The van der Waals surface area contributed by atoms with Gasteiger partial charge in [-0.3, -0.25) is 14.0 Å². The lowest BCUT2D eigenvalue weighted by Crippen LogP contribution is -2.30. The van der Waals surface area contributed by atoms with Crippen molar-refractivity contribution in [1.82, 2.24) is 24.6 Å². The van der Waals surface area contributed by atoms with E-state index in [4.69, 9.17) is 11.6 Å². The fourth-order valence-corrected chi connectivity index (χ4v) is 5.31. The third-order valence-corrected chi connectivity index (χ3v) is 7.64. The molecular weight excluding hydrogens is 502 g/mol. The lowest BCUT2D eigenvalue weighted by atomic mass is 10.2. The molecule has 0 aliphatic rings. The van der Waals surface area contributed by atoms with Crippen molar-refractivity contribution in [1.29, 1.82) is 0 Å². The Bertz CT molecular complexity index is 1530. The molecule has 2 amide bonds. The second-order valence-electron chi connectivity index (χ2n) is 7.96. The summed E-state index contributed by atoms with van der Waals surface area (Å²) in [6.45, 7) is 4.89. The molecule has 2 heterocycles. The zero-order valence-electron chi connectivity index (χ0n) is 19.7. The summed E-state index contributed by atoms with van der Waals surface area (Å²) in [6.07, 6.45) is 6.36. The molecule has 2 aromatic carbocycles. The van der Waals surface area contributed by atoms with E-state index in [1.807, 2.05) is 13.8 Å². The van der Waals surface area contributed by atoms with Crippen LogP contribution in [0.25, 0.3) is 5.78 Å². The zero-order chi connectivity index (χ0) is 25.9. The van der Waals surface area contributed by atoms with Crippen molar-refractivity contribution >= 4 is 39.0 Å². The fourth-order valence-electron chi connectivity index (χ4n) is 3.68. The summed E-state index contributed by atoms with van der Waals surface area (Å²) in [7, 11) is -3.92. The van der Waals surface area contributed by atoms with E-state index in [0.29, 0.717) is 30.0 Å². The van der Waals surface area contributed by atoms with Crippen LogP contribution in [0.5, 0.6) is 0 Å². The number of hydrogen-bond acceptors (Lipinski definition) is 6. The van der Waals surface area contributed by atoms with Gasteiger partial charge in [-0.25, -0.2) is 18.4 Å². The van der Waals surface area contributed by atoms with Gasteiger partial charge in [-0.1, -0.05) is 23.7 Å². The number of carbonyl (C=O) groups is 2. The van der Waals surface area contributed by atoms with Gasteiger partial charge < -0.3 is 10.2 Å². The number of amides is 2. The number of hydrogen-bond donors (Lipinski definition) is 1. The molecule has 0 atom stereocenters. The second-order valence-corrected chi connectivity index (χ2v) is 10.3. The maximum atomic E-state index is 13.2. The Kier molecular flexibility index (Phi) is 7.37. The molecular formula is C25H24ClN5O4S. The van der Waals surface area contributed by atoms with E-state index in [-0.39, 0.29) is 38.7 Å². The second kappa shape index (κ2) is 10.5. The lowest BCUT2D eigenvalue weighted by Gasteiger charge is -2.19. The maximum Gasteiger partial charge on any atom is 0.254 e. The first-order valence-corrected chi connectivity index (χ1v) is 13.1. The average Bonchev–Trinajstić information content (AvgIpc) is 3.36. The number of fused-ring (bicyclic) bond motifs is 1. The van der Waals surface area contributed by atoms with Crippen molar-refractivity contribution in [3.8, 4) is 0 Å². The summed E-state index contributed by atoms with van der Waals surface area (Å²) in [5, 5.41) is 2.95. The molecule has 0 bridgehead atoms. The minimum atomic E-state index is -3.92. The predicted molar refractivity (Wildman–Crippen MR) is 135 cm³/mol. The summed E-state index contributed by atoms with van der Waals surface area (Å²) in [5.41, 5.74) is 1.30. The largest absolute Gasteiger partial charge is 0.348 e. The van der Waals surface area contributed by atoms with Gasteiger partial charge in [0.1, 0.15) is 0 Å². The van der Waals surface area contributed by atoms with Gasteiger partial charge >= 0.3 is 0 Å². The maximum absolute atomic E-state index is 13.2. The van der Waals surface area contributed by atoms with Gasteiger partial charge in [0.05, 0.1) is 15.4 Å². The first-order valence-electron chi connectivity index (χ1n) is 11.2. The van der Waals surface area contributed by atoms with Gasteiger partial charge in [0.2, 0.25) is 15.6 Å². The van der Waals surface area contributed by atoms with Gasteiger partial charge in [-0.05, 0) is 49.7 Å². The Labute approximate surface area is 213 Å².